The number of hydrogen-bond donors (Lipinski definition) is 4. The Hall–Kier alpha value is -3.18. The molecule has 0 bridgehead atoms. The van der Waals surface area contributed by atoms with Crippen LogP contribution < -0.4 is 16.8 Å². The maximum atomic E-state index is 12.7. The number of aliphatic carboxylic acids is 1. The van der Waals surface area contributed by atoms with Crippen LogP contribution in [0.3, 0.4) is 0 Å². The number of nitrogens with zero attached hydrogens (tertiary/aromatic N) is 6. The van der Waals surface area contributed by atoms with E-state index in [1.807, 2.05) is 0 Å². The number of allylic oxidation sites excluding steroid dienone is 1. The number of hydrogen-bond acceptors (Lipinski definition) is 14. The summed E-state index contributed by atoms with van der Waals surface area (Å²) in [6.45, 7) is 0. The SMILES string of the molecule is Nc1nc(C(N=O)C(=O)N[C@@H]2C(=O)N3C(C(=O)O)=C(Sc4nnc(N)s4)CC[C@H]23)ns1. The lowest BCUT2D eigenvalue weighted by atomic mass is 9.86. The van der Waals surface area contributed by atoms with Gasteiger partial charge >= 0.3 is 5.97 Å². The van der Waals surface area contributed by atoms with Crippen LogP contribution in [0.1, 0.15) is 24.7 Å². The Labute approximate surface area is 185 Å². The molecule has 2 aromatic heterocycles. The van der Waals surface area contributed by atoms with Crippen molar-refractivity contribution in [3.63, 3.8) is 0 Å². The highest BCUT2D eigenvalue weighted by molar-refractivity contribution is 8.04. The molecule has 4 heterocycles. The minimum Gasteiger partial charge on any atom is -0.477 e. The van der Waals surface area contributed by atoms with Crippen molar-refractivity contribution in [2.45, 2.75) is 35.3 Å². The van der Waals surface area contributed by atoms with Crippen molar-refractivity contribution in [3.8, 4) is 0 Å². The number of β-lactam (4-membered cyclic amide) rings is 1. The van der Waals surface area contributed by atoms with Crippen LogP contribution in [0.15, 0.2) is 20.1 Å². The van der Waals surface area contributed by atoms with E-state index in [1.165, 1.54) is 0 Å². The van der Waals surface area contributed by atoms with Crippen LogP contribution in [0.25, 0.3) is 0 Å². The number of nitrogen functional groups attached to an aromatic ring is 2. The molecule has 31 heavy (non-hydrogen) atoms. The summed E-state index contributed by atoms with van der Waals surface area (Å²) in [5.41, 5.74) is 10.8. The summed E-state index contributed by atoms with van der Waals surface area (Å²) in [5, 5.41) is 22.7. The fraction of sp³-hybridized carbons (Fsp3) is 0.357. The largest absolute Gasteiger partial charge is 0.477 e. The number of anilines is 2. The highest BCUT2D eigenvalue weighted by atomic mass is 32.2. The number of thioether (sulfide) groups is 1. The summed E-state index contributed by atoms with van der Waals surface area (Å²) in [7, 11) is 0. The van der Waals surface area contributed by atoms with Crippen LogP contribution >= 0.6 is 34.6 Å². The molecule has 1 unspecified atom stereocenters. The number of carboxylic acid groups (broad SMARTS) is 1. The van der Waals surface area contributed by atoms with Crippen molar-refractivity contribution in [2.75, 3.05) is 11.5 Å². The number of rotatable bonds is 7. The van der Waals surface area contributed by atoms with Crippen LogP contribution in [0.2, 0.25) is 0 Å². The summed E-state index contributed by atoms with van der Waals surface area (Å²) in [6, 6.07) is -3.14. The first-order valence-electron chi connectivity index (χ1n) is 8.58. The Bertz CT molecular complexity index is 1110. The molecule has 0 spiro atoms. The molecule has 162 valence electrons. The normalized spacial score (nSPS) is 21.3. The molecule has 2 aromatic rings. The summed E-state index contributed by atoms with van der Waals surface area (Å²) < 4.78 is 4.25. The van der Waals surface area contributed by atoms with E-state index >= 15 is 0 Å². The van der Waals surface area contributed by atoms with Crippen molar-refractivity contribution in [2.24, 2.45) is 5.18 Å². The molecule has 0 radical (unpaired) electrons. The van der Waals surface area contributed by atoms with Crippen molar-refractivity contribution in [1.29, 1.82) is 0 Å². The highest BCUT2D eigenvalue weighted by Gasteiger charge is 2.54. The Kier molecular flexibility index (Phi) is 5.54. The van der Waals surface area contributed by atoms with Gasteiger partial charge in [-0.2, -0.15) is 4.37 Å². The number of nitroso groups, excluding NO2 is 1. The first kappa shape index (κ1) is 21.1. The predicted molar refractivity (Wildman–Crippen MR) is 109 cm³/mol. The fourth-order valence-electron chi connectivity index (χ4n) is 3.30. The van der Waals surface area contributed by atoms with Crippen molar-refractivity contribution < 1.29 is 19.5 Å². The summed E-state index contributed by atoms with van der Waals surface area (Å²) >= 11 is 2.99. The lowest BCUT2D eigenvalue weighted by Crippen LogP contribution is -2.71. The average molecular weight is 484 g/mol. The number of nitrogens with two attached hydrogens (primary N) is 2. The minimum absolute atomic E-state index is 0.0630. The summed E-state index contributed by atoms with van der Waals surface area (Å²) in [5.74, 6) is -2.92. The van der Waals surface area contributed by atoms with E-state index in [2.05, 4.69) is 30.0 Å². The molecule has 17 heteroatoms. The van der Waals surface area contributed by atoms with Gasteiger partial charge in [-0.1, -0.05) is 23.1 Å². The van der Waals surface area contributed by atoms with E-state index in [4.69, 9.17) is 11.5 Å². The maximum Gasteiger partial charge on any atom is 0.353 e. The summed E-state index contributed by atoms with van der Waals surface area (Å²) in [6.07, 6.45) is 0.733. The van der Waals surface area contributed by atoms with Gasteiger partial charge in [-0.15, -0.1) is 15.1 Å². The minimum atomic E-state index is -1.57. The van der Waals surface area contributed by atoms with Crippen molar-refractivity contribution in [3.05, 3.63) is 21.3 Å². The summed E-state index contributed by atoms with van der Waals surface area (Å²) in [4.78, 5) is 53.5. The molecular formula is C14H13N9O5S3. The van der Waals surface area contributed by atoms with E-state index in [-0.39, 0.29) is 21.8 Å². The molecule has 0 aliphatic carbocycles. The molecule has 1 saturated heterocycles. The number of amides is 2. The van der Waals surface area contributed by atoms with E-state index in [1.54, 1.807) is 0 Å². The van der Waals surface area contributed by atoms with Crippen molar-refractivity contribution >= 4 is 62.7 Å². The van der Waals surface area contributed by atoms with E-state index < -0.39 is 35.9 Å². The number of carbonyl (C=O) groups is 3. The van der Waals surface area contributed by atoms with Gasteiger partial charge in [-0.25, -0.2) is 9.78 Å². The molecule has 4 rings (SSSR count). The second-order valence-corrected chi connectivity index (χ2v) is 9.52. The molecule has 6 N–H and O–H groups in total. The van der Waals surface area contributed by atoms with Gasteiger partial charge in [0, 0.05) is 16.4 Å². The quantitative estimate of drug-likeness (QED) is 0.300. The van der Waals surface area contributed by atoms with Gasteiger partial charge in [0.15, 0.2) is 15.3 Å². The third-order valence-electron chi connectivity index (χ3n) is 4.58. The average Bonchev–Trinajstić information content (AvgIpc) is 3.34. The third kappa shape index (κ3) is 3.81. The molecule has 2 amide bonds. The Morgan fingerprint density at radius 3 is 2.68 bits per heavy atom. The zero-order chi connectivity index (χ0) is 22.3. The fourth-order valence-corrected chi connectivity index (χ4v) is 5.62. The third-order valence-corrected chi connectivity index (χ3v) is 7.08. The van der Waals surface area contributed by atoms with E-state index in [9.17, 15) is 24.4 Å². The maximum absolute atomic E-state index is 12.7. The monoisotopic (exact) mass is 483 g/mol. The van der Waals surface area contributed by atoms with Crippen LogP contribution in [-0.4, -0.2) is 59.4 Å². The predicted octanol–water partition coefficient (Wildman–Crippen LogP) is -0.0606. The Morgan fingerprint density at radius 2 is 2.10 bits per heavy atom. The highest BCUT2D eigenvalue weighted by Crippen LogP contribution is 2.44. The van der Waals surface area contributed by atoms with Crippen LogP contribution in [-0.2, 0) is 14.4 Å². The second kappa shape index (κ2) is 8.16. The second-order valence-electron chi connectivity index (χ2n) is 6.38. The van der Waals surface area contributed by atoms with Gasteiger partial charge in [0.25, 0.3) is 11.8 Å². The van der Waals surface area contributed by atoms with Gasteiger partial charge in [-0.05, 0) is 18.0 Å². The molecule has 0 aromatic carbocycles. The lowest BCUT2D eigenvalue weighted by molar-refractivity contribution is -0.156. The Morgan fingerprint density at radius 1 is 1.32 bits per heavy atom. The number of carboxylic acids is 1. The van der Waals surface area contributed by atoms with Gasteiger partial charge in [0.2, 0.25) is 11.2 Å². The number of carbonyl (C=O) groups excluding carboxylic acids is 2. The molecule has 3 atom stereocenters. The molecule has 2 aliphatic rings. The van der Waals surface area contributed by atoms with Gasteiger partial charge < -0.3 is 21.9 Å². The first-order chi connectivity index (χ1) is 14.8. The van der Waals surface area contributed by atoms with Crippen LogP contribution in [0.5, 0.6) is 0 Å². The lowest BCUT2D eigenvalue weighted by Gasteiger charge is -2.50. The molecule has 0 saturated carbocycles. The van der Waals surface area contributed by atoms with Gasteiger partial charge in [0.05, 0.1) is 6.04 Å². The molecular weight excluding hydrogens is 470 g/mol. The van der Waals surface area contributed by atoms with E-state index in [0.717, 1.165) is 39.5 Å². The molecule has 2 aliphatic heterocycles. The molecule has 14 nitrogen and oxygen atoms in total. The number of nitrogens with one attached hydrogen (secondary N) is 1. The van der Waals surface area contributed by atoms with E-state index in [0.29, 0.717) is 22.1 Å². The topological polar surface area (TPSA) is 220 Å². The smallest absolute Gasteiger partial charge is 0.353 e. The van der Waals surface area contributed by atoms with Crippen LogP contribution in [0, 0.1) is 4.91 Å². The molecule has 1 fully saturated rings. The van der Waals surface area contributed by atoms with Crippen LogP contribution in [0.4, 0.5) is 10.3 Å². The Balaban J connectivity index is 1.51. The standard InChI is InChI=1S/C14H13N9O5S3/c15-12-18-8(22-31-12)6(21-28)9(24)17-5-3-1-2-4(29-14-20-19-13(16)30-14)7(11(26)27)23(3)10(5)25/h3,5-6H,1-2H2,(H2,16,19)(H,17,24)(H,26,27)(H2,15,18,22)/t3-,5+,6?/m1/s1. The van der Waals surface area contributed by atoms with Gasteiger partial charge in [0.1, 0.15) is 11.7 Å². The number of aromatic nitrogens is 4. The van der Waals surface area contributed by atoms with Gasteiger partial charge in [-0.3, -0.25) is 14.5 Å². The zero-order valence-corrected chi connectivity index (χ0v) is 17.7. The van der Waals surface area contributed by atoms with Crippen molar-refractivity contribution in [1.82, 2.24) is 29.8 Å². The first-order valence-corrected chi connectivity index (χ1v) is 11.0. The zero-order valence-electron chi connectivity index (χ0n) is 15.3. The number of fused-ring (bicyclic) bond motifs is 1.